The van der Waals surface area contributed by atoms with Crippen LogP contribution in [-0.4, -0.2) is 41.6 Å². The Labute approximate surface area is 150 Å². The van der Waals surface area contributed by atoms with Crippen molar-refractivity contribution in [3.63, 3.8) is 0 Å². The lowest BCUT2D eigenvalue weighted by molar-refractivity contribution is 0.0942. The van der Waals surface area contributed by atoms with E-state index in [1.807, 2.05) is 24.3 Å². The zero-order valence-electron chi connectivity index (χ0n) is 14.1. The Hall–Kier alpha value is -2.06. The van der Waals surface area contributed by atoms with Gasteiger partial charge in [0.05, 0.1) is 24.3 Å². The van der Waals surface area contributed by atoms with Crippen LogP contribution in [0.4, 0.5) is 8.78 Å². The SMILES string of the molecule is N[C@@H](COc1cc(F)cc(F)c1)[C@H](O)CNC1c2ccccc2C[C@H]1O. The van der Waals surface area contributed by atoms with Crippen LogP contribution in [0.5, 0.6) is 5.75 Å². The van der Waals surface area contributed by atoms with Crippen molar-refractivity contribution < 1.29 is 23.7 Å². The van der Waals surface area contributed by atoms with Gasteiger partial charge in [0, 0.05) is 31.2 Å². The van der Waals surface area contributed by atoms with Crippen molar-refractivity contribution in [2.24, 2.45) is 5.73 Å². The molecule has 0 spiro atoms. The number of benzene rings is 2. The summed E-state index contributed by atoms with van der Waals surface area (Å²) in [7, 11) is 0. The minimum absolute atomic E-state index is 0.0123. The van der Waals surface area contributed by atoms with Gasteiger partial charge in [0.2, 0.25) is 0 Å². The Morgan fingerprint density at radius 1 is 1.19 bits per heavy atom. The minimum Gasteiger partial charge on any atom is -0.492 e. The van der Waals surface area contributed by atoms with Gasteiger partial charge in [-0.1, -0.05) is 24.3 Å². The van der Waals surface area contributed by atoms with Crippen LogP contribution in [0.15, 0.2) is 42.5 Å². The largest absolute Gasteiger partial charge is 0.492 e. The molecule has 5 N–H and O–H groups in total. The number of hydrogen-bond donors (Lipinski definition) is 4. The highest BCUT2D eigenvalue weighted by atomic mass is 19.1. The van der Waals surface area contributed by atoms with Gasteiger partial charge in [-0.25, -0.2) is 8.78 Å². The molecular formula is C19H22F2N2O3. The van der Waals surface area contributed by atoms with Crippen LogP contribution in [-0.2, 0) is 6.42 Å². The van der Waals surface area contributed by atoms with Gasteiger partial charge in [0.25, 0.3) is 0 Å². The standard InChI is InChI=1S/C19H22F2N2O3/c20-12-6-13(21)8-14(7-12)26-10-16(22)18(25)9-23-19-15-4-2-1-3-11(15)5-17(19)24/h1-4,6-8,16-19,23-25H,5,9-10,22H2/t16-,17+,18+,19?/m0/s1. The molecule has 26 heavy (non-hydrogen) atoms. The van der Waals surface area contributed by atoms with E-state index >= 15 is 0 Å². The third-order valence-corrected chi connectivity index (χ3v) is 4.52. The van der Waals surface area contributed by atoms with E-state index in [-0.39, 0.29) is 24.9 Å². The van der Waals surface area contributed by atoms with Gasteiger partial charge in [0.15, 0.2) is 0 Å². The smallest absolute Gasteiger partial charge is 0.129 e. The summed E-state index contributed by atoms with van der Waals surface area (Å²) in [6.45, 7) is 0.0493. The number of nitrogens with two attached hydrogens (primary N) is 1. The minimum atomic E-state index is -0.951. The molecule has 0 aromatic heterocycles. The molecule has 1 unspecified atom stereocenters. The molecule has 0 bridgehead atoms. The molecule has 3 rings (SSSR count). The Morgan fingerprint density at radius 2 is 1.88 bits per heavy atom. The number of nitrogens with one attached hydrogen (secondary N) is 1. The highest BCUT2D eigenvalue weighted by molar-refractivity contribution is 5.36. The molecule has 140 valence electrons. The quantitative estimate of drug-likeness (QED) is 0.595. The van der Waals surface area contributed by atoms with E-state index in [1.165, 1.54) is 0 Å². The first-order valence-electron chi connectivity index (χ1n) is 8.46. The van der Waals surface area contributed by atoms with E-state index in [1.54, 1.807) is 0 Å². The van der Waals surface area contributed by atoms with Gasteiger partial charge >= 0.3 is 0 Å². The number of hydrogen-bond acceptors (Lipinski definition) is 5. The molecular weight excluding hydrogens is 342 g/mol. The Morgan fingerprint density at radius 3 is 2.62 bits per heavy atom. The Kier molecular flexibility index (Phi) is 5.83. The molecule has 5 nitrogen and oxygen atoms in total. The monoisotopic (exact) mass is 364 g/mol. The van der Waals surface area contributed by atoms with Crippen LogP contribution in [0.1, 0.15) is 17.2 Å². The summed E-state index contributed by atoms with van der Waals surface area (Å²) in [4.78, 5) is 0. The average molecular weight is 364 g/mol. The maximum absolute atomic E-state index is 13.1. The maximum atomic E-state index is 13.1. The van der Waals surface area contributed by atoms with Crippen molar-refractivity contribution in [3.05, 3.63) is 65.2 Å². The third-order valence-electron chi connectivity index (χ3n) is 4.52. The third kappa shape index (κ3) is 4.37. The average Bonchev–Trinajstić information content (AvgIpc) is 2.92. The normalized spacial score (nSPS) is 21.3. The highest BCUT2D eigenvalue weighted by Gasteiger charge is 2.31. The molecule has 2 aromatic carbocycles. The van der Waals surface area contributed by atoms with Crippen LogP contribution in [0.2, 0.25) is 0 Å². The number of fused-ring (bicyclic) bond motifs is 1. The molecule has 0 aliphatic heterocycles. The summed E-state index contributed by atoms with van der Waals surface area (Å²) in [6.07, 6.45) is -0.958. The van der Waals surface area contributed by atoms with Crippen molar-refractivity contribution in [3.8, 4) is 5.75 Å². The number of aliphatic hydroxyl groups is 2. The predicted molar refractivity (Wildman–Crippen MR) is 92.7 cm³/mol. The van der Waals surface area contributed by atoms with E-state index in [9.17, 15) is 19.0 Å². The number of halogens is 2. The van der Waals surface area contributed by atoms with E-state index in [4.69, 9.17) is 10.5 Å². The highest BCUT2D eigenvalue weighted by Crippen LogP contribution is 2.31. The lowest BCUT2D eigenvalue weighted by Crippen LogP contribution is -2.46. The summed E-state index contributed by atoms with van der Waals surface area (Å²) in [6, 6.07) is 9.54. The lowest BCUT2D eigenvalue weighted by atomic mass is 10.1. The fourth-order valence-electron chi connectivity index (χ4n) is 3.13. The first-order valence-corrected chi connectivity index (χ1v) is 8.46. The van der Waals surface area contributed by atoms with Gasteiger partial charge in [-0.3, -0.25) is 0 Å². The van der Waals surface area contributed by atoms with E-state index in [2.05, 4.69) is 5.32 Å². The summed E-state index contributed by atoms with van der Waals surface area (Å²) in [5.74, 6) is -1.48. The van der Waals surface area contributed by atoms with Crippen molar-refractivity contribution in [2.75, 3.05) is 13.2 Å². The second kappa shape index (κ2) is 8.09. The van der Waals surface area contributed by atoms with Gasteiger partial charge < -0.3 is 26.0 Å². The predicted octanol–water partition coefficient (Wildman–Crippen LogP) is 1.28. The van der Waals surface area contributed by atoms with Gasteiger partial charge in [-0.15, -0.1) is 0 Å². The fraction of sp³-hybridized carbons (Fsp3) is 0.368. The van der Waals surface area contributed by atoms with Crippen LogP contribution < -0.4 is 15.8 Å². The maximum Gasteiger partial charge on any atom is 0.129 e. The van der Waals surface area contributed by atoms with E-state index in [0.29, 0.717) is 6.42 Å². The zero-order chi connectivity index (χ0) is 18.7. The first-order chi connectivity index (χ1) is 12.4. The van der Waals surface area contributed by atoms with Crippen molar-refractivity contribution in [1.29, 1.82) is 0 Å². The van der Waals surface area contributed by atoms with Gasteiger partial charge in [0.1, 0.15) is 24.0 Å². The zero-order valence-corrected chi connectivity index (χ0v) is 14.1. The van der Waals surface area contributed by atoms with Crippen LogP contribution in [0, 0.1) is 11.6 Å². The second-order valence-corrected chi connectivity index (χ2v) is 6.50. The summed E-state index contributed by atoms with van der Waals surface area (Å²) >= 11 is 0. The molecule has 0 saturated carbocycles. The topological polar surface area (TPSA) is 87.7 Å². The molecule has 2 aromatic rings. The molecule has 4 atom stereocenters. The van der Waals surface area contributed by atoms with Crippen molar-refractivity contribution >= 4 is 0 Å². The molecule has 7 heteroatoms. The lowest BCUT2D eigenvalue weighted by Gasteiger charge is -2.23. The van der Waals surface area contributed by atoms with Crippen molar-refractivity contribution in [1.82, 2.24) is 5.32 Å². The molecule has 1 aliphatic carbocycles. The molecule has 0 saturated heterocycles. The number of ether oxygens (including phenoxy) is 1. The second-order valence-electron chi connectivity index (χ2n) is 6.50. The first kappa shape index (κ1) is 18.7. The molecule has 0 heterocycles. The van der Waals surface area contributed by atoms with Crippen LogP contribution in [0.3, 0.4) is 0 Å². The van der Waals surface area contributed by atoms with Crippen LogP contribution in [0.25, 0.3) is 0 Å². The van der Waals surface area contributed by atoms with Crippen LogP contribution >= 0.6 is 0 Å². The molecule has 0 fully saturated rings. The fourth-order valence-corrected chi connectivity index (χ4v) is 3.13. The van der Waals surface area contributed by atoms with Gasteiger partial charge in [-0.05, 0) is 11.1 Å². The molecule has 0 amide bonds. The summed E-state index contributed by atoms with van der Waals surface area (Å²) < 4.78 is 31.5. The van der Waals surface area contributed by atoms with E-state index in [0.717, 1.165) is 29.3 Å². The Balaban J connectivity index is 1.51. The summed E-state index contributed by atoms with van der Waals surface area (Å²) in [5, 5.41) is 23.5. The number of aliphatic hydroxyl groups excluding tert-OH is 2. The summed E-state index contributed by atoms with van der Waals surface area (Å²) in [5.41, 5.74) is 7.97. The van der Waals surface area contributed by atoms with E-state index < -0.39 is 29.9 Å². The van der Waals surface area contributed by atoms with Gasteiger partial charge in [-0.2, -0.15) is 0 Å². The van der Waals surface area contributed by atoms with Crippen molar-refractivity contribution in [2.45, 2.75) is 30.7 Å². The molecule has 1 aliphatic rings. The molecule has 0 radical (unpaired) electrons. The Bertz CT molecular complexity index is 739. The number of rotatable bonds is 7.